The van der Waals surface area contributed by atoms with Gasteiger partial charge in [0.05, 0.1) is 17.5 Å². The number of carbonyl (C=O) groups is 1. The van der Waals surface area contributed by atoms with Crippen LogP contribution in [0.1, 0.15) is 45.4 Å². The predicted molar refractivity (Wildman–Crippen MR) is 105 cm³/mol. The van der Waals surface area contributed by atoms with E-state index in [-0.39, 0.29) is 17.9 Å². The van der Waals surface area contributed by atoms with Crippen LogP contribution in [0.5, 0.6) is 0 Å². The van der Waals surface area contributed by atoms with Gasteiger partial charge in [-0.15, -0.1) is 0 Å². The lowest BCUT2D eigenvalue weighted by atomic mass is 9.96. The van der Waals surface area contributed by atoms with Crippen LogP contribution in [0.25, 0.3) is 11.4 Å². The van der Waals surface area contributed by atoms with Gasteiger partial charge in [0.15, 0.2) is 0 Å². The first kappa shape index (κ1) is 19.8. The van der Waals surface area contributed by atoms with E-state index in [0.717, 1.165) is 44.3 Å². The number of hydrogen-bond donors (Lipinski definition) is 1. The molecule has 0 radical (unpaired) electrons. The molecule has 1 aromatic carbocycles. The van der Waals surface area contributed by atoms with Gasteiger partial charge in [0, 0.05) is 18.2 Å². The van der Waals surface area contributed by atoms with Gasteiger partial charge in [-0.1, -0.05) is 42.7 Å². The molecule has 0 bridgehead atoms. The third kappa shape index (κ3) is 5.08. The van der Waals surface area contributed by atoms with Gasteiger partial charge in [-0.3, -0.25) is 9.69 Å². The minimum Gasteiger partial charge on any atom is -0.353 e. The standard InChI is InChI=1S/C20H27ClN4O2/c1-3-15(4-2)22-20(26)14-8-7-11-25(12-14)13-18-23-19(24-27-18)16-9-5-6-10-17(16)21/h5-6,9-10,14-15H,3-4,7-8,11-13H2,1-2H3,(H,22,26). The summed E-state index contributed by atoms with van der Waals surface area (Å²) in [6.45, 7) is 6.40. The second-order valence-electron chi connectivity index (χ2n) is 7.09. The summed E-state index contributed by atoms with van der Waals surface area (Å²) in [7, 11) is 0. The van der Waals surface area contributed by atoms with E-state index < -0.39 is 0 Å². The number of likely N-dealkylation sites (tertiary alicyclic amines) is 1. The van der Waals surface area contributed by atoms with E-state index in [4.69, 9.17) is 16.1 Å². The molecule has 2 heterocycles. The quantitative estimate of drug-likeness (QED) is 0.776. The van der Waals surface area contributed by atoms with Crippen molar-refractivity contribution in [1.29, 1.82) is 0 Å². The van der Waals surface area contributed by atoms with Crippen LogP contribution < -0.4 is 5.32 Å². The smallest absolute Gasteiger partial charge is 0.241 e. The summed E-state index contributed by atoms with van der Waals surface area (Å²) in [4.78, 5) is 19.2. The Balaban J connectivity index is 1.60. The van der Waals surface area contributed by atoms with Crippen LogP contribution in [-0.2, 0) is 11.3 Å². The van der Waals surface area contributed by atoms with E-state index in [1.165, 1.54) is 0 Å². The third-order valence-corrected chi connectivity index (χ3v) is 5.48. The molecule has 1 N–H and O–H groups in total. The molecule has 3 rings (SSSR count). The maximum atomic E-state index is 12.5. The number of piperidine rings is 1. The third-order valence-electron chi connectivity index (χ3n) is 5.15. The van der Waals surface area contributed by atoms with E-state index >= 15 is 0 Å². The van der Waals surface area contributed by atoms with Crippen LogP contribution >= 0.6 is 11.6 Å². The molecule has 1 aromatic heterocycles. The van der Waals surface area contributed by atoms with Crippen molar-refractivity contribution in [1.82, 2.24) is 20.4 Å². The van der Waals surface area contributed by atoms with Crippen molar-refractivity contribution in [3.63, 3.8) is 0 Å². The summed E-state index contributed by atoms with van der Waals surface area (Å²) < 4.78 is 5.41. The Morgan fingerprint density at radius 1 is 1.37 bits per heavy atom. The first-order chi connectivity index (χ1) is 13.1. The molecule has 0 spiro atoms. The molecular weight excluding hydrogens is 364 g/mol. The number of hydrogen-bond acceptors (Lipinski definition) is 5. The highest BCUT2D eigenvalue weighted by Crippen LogP contribution is 2.25. The van der Waals surface area contributed by atoms with Gasteiger partial charge < -0.3 is 9.84 Å². The second-order valence-corrected chi connectivity index (χ2v) is 7.50. The van der Waals surface area contributed by atoms with E-state index in [1.807, 2.05) is 18.2 Å². The summed E-state index contributed by atoms with van der Waals surface area (Å²) in [6.07, 6.45) is 3.85. The van der Waals surface area contributed by atoms with Crippen LogP contribution in [-0.4, -0.2) is 40.1 Å². The summed E-state index contributed by atoms with van der Waals surface area (Å²) >= 11 is 6.20. The molecule has 1 unspecified atom stereocenters. The molecule has 0 aliphatic carbocycles. The molecule has 1 atom stereocenters. The van der Waals surface area contributed by atoms with Crippen LogP contribution in [0.4, 0.5) is 0 Å². The summed E-state index contributed by atoms with van der Waals surface area (Å²) in [5, 5.41) is 7.82. The number of aromatic nitrogens is 2. The Hall–Kier alpha value is -1.92. The van der Waals surface area contributed by atoms with Gasteiger partial charge in [-0.05, 0) is 44.4 Å². The zero-order chi connectivity index (χ0) is 19.2. The lowest BCUT2D eigenvalue weighted by Crippen LogP contribution is -2.45. The van der Waals surface area contributed by atoms with Crippen molar-refractivity contribution in [3.8, 4) is 11.4 Å². The van der Waals surface area contributed by atoms with Crippen molar-refractivity contribution < 1.29 is 9.32 Å². The normalized spacial score (nSPS) is 18.0. The van der Waals surface area contributed by atoms with Crippen LogP contribution in [0.3, 0.4) is 0 Å². The van der Waals surface area contributed by atoms with E-state index in [1.54, 1.807) is 6.07 Å². The predicted octanol–water partition coefficient (Wildman–Crippen LogP) is 3.91. The van der Waals surface area contributed by atoms with Crippen molar-refractivity contribution in [2.75, 3.05) is 13.1 Å². The number of carbonyl (C=O) groups excluding carboxylic acids is 1. The largest absolute Gasteiger partial charge is 0.353 e. The maximum Gasteiger partial charge on any atom is 0.241 e. The highest BCUT2D eigenvalue weighted by molar-refractivity contribution is 6.33. The number of nitrogens with one attached hydrogen (secondary N) is 1. The zero-order valence-electron chi connectivity index (χ0n) is 15.9. The Morgan fingerprint density at radius 2 is 2.15 bits per heavy atom. The molecular formula is C20H27ClN4O2. The lowest BCUT2D eigenvalue weighted by molar-refractivity contribution is -0.127. The fourth-order valence-corrected chi connectivity index (χ4v) is 3.71. The first-order valence-electron chi connectivity index (χ1n) is 9.70. The fourth-order valence-electron chi connectivity index (χ4n) is 3.49. The van der Waals surface area contributed by atoms with Gasteiger partial charge in [-0.25, -0.2) is 0 Å². The van der Waals surface area contributed by atoms with Gasteiger partial charge in [0.25, 0.3) is 0 Å². The van der Waals surface area contributed by atoms with Gasteiger partial charge in [-0.2, -0.15) is 4.98 Å². The van der Waals surface area contributed by atoms with Crippen molar-refractivity contribution in [2.45, 2.75) is 52.1 Å². The van der Waals surface area contributed by atoms with E-state index in [2.05, 4.69) is 34.2 Å². The minimum absolute atomic E-state index is 0.0188. The maximum absolute atomic E-state index is 12.5. The summed E-state index contributed by atoms with van der Waals surface area (Å²) in [6, 6.07) is 7.71. The molecule has 27 heavy (non-hydrogen) atoms. The minimum atomic E-state index is 0.0188. The van der Waals surface area contributed by atoms with Crippen LogP contribution in [0.2, 0.25) is 5.02 Å². The van der Waals surface area contributed by atoms with Crippen LogP contribution in [0.15, 0.2) is 28.8 Å². The molecule has 1 fully saturated rings. The molecule has 6 nitrogen and oxygen atoms in total. The topological polar surface area (TPSA) is 71.3 Å². The lowest BCUT2D eigenvalue weighted by Gasteiger charge is -2.31. The van der Waals surface area contributed by atoms with E-state index in [9.17, 15) is 4.79 Å². The summed E-state index contributed by atoms with van der Waals surface area (Å²) in [5.74, 6) is 1.22. The molecule has 1 amide bonds. The van der Waals surface area contributed by atoms with Gasteiger partial charge in [0.1, 0.15) is 0 Å². The fraction of sp³-hybridized carbons (Fsp3) is 0.550. The van der Waals surface area contributed by atoms with Gasteiger partial charge >= 0.3 is 0 Å². The number of amides is 1. The summed E-state index contributed by atoms with van der Waals surface area (Å²) in [5.41, 5.74) is 0.759. The van der Waals surface area contributed by atoms with Crippen molar-refractivity contribution in [3.05, 3.63) is 35.2 Å². The van der Waals surface area contributed by atoms with E-state index in [0.29, 0.717) is 23.3 Å². The number of halogens is 1. The Bertz CT molecular complexity index is 760. The molecule has 2 aromatic rings. The Kier molecular flexibility index (Phi) is 6.85. The molecule has 1 saturated heterocycles. The molecule has 0 saturated carbocycles. The molecule has 1 aliphatic heterocycles. The average Bonchev–Trinajstić information content (AvgIpc) is 3.14. The van der Waals surface area contributed by atoms with Crippen molar-refractivity contribution >= 4 is 17.5 Å². The highest BCUT2D eigenvalue weighted by atomic mass is 35.5. The Labute approximate surface area is 165 Å². The SMILES string of the molecule is CCC(CC)NC(=O)C1CCCN(Cc2nc(-c3ccccc3Cl)no2)C1. The first-order valence-corrected chi connectivity index (χ1v) is 10.1. The second kappa shape index (κ2) is 9.33. The van der Waals surface area contributed by atoms with Crippen molar-refractivity contribution in [2.24, 2.45) is 5.92 Å². The number of rotatable bonds is 7. The molecule has 146 valence electrons. The number of benzene rings is 1. The Morgan fingerprint density at radius 3 is 2.89 bits per heavy atom. The number of nitrogens with zero attached hydrogens (tertiary/aromatic N) is 3. The van der Waals surface area contributed by atoms with Crippen LogP contribution in [0, 0.1) is 5.92 Å². The zero-order valence-corrected chi connectivity index (χ0v) is 16.7. The molecule has 7 heteroatoms. The monoisotopic (exact) mass is 390 g/mol. The highest BCUT2D eigenvalue weighted by Gasteiger charge is 2.27. The average molecular weight is 391 g/mol. The molecule has 1 aliphatic rings. The van der Waals surface area contributed by atoms with Gasteiger partial charge in [0.2, 0.25) is 17.6 Å².